The number of carbonyl (C=O) groups excluding carboxylic acids is 1. The Morgan fingerprint density at radius 2 is 1.33 bits per heavy atom. The molecule has 156 valence electrons. The molecule has 2 saturated carbocycles. The molecule has 2 aliphatic carbocycles. The van der Waals surface area contributed by atoms with Crippen LogP contribution in [0.4, 0.5) is 0 Å². The molecular formula is C25H44O2. The predicted octanol–water partition coefficient (Wildman–Crippen LogP) is 7.61. The molecule has 2 rings (SSSR count). The van der Waals surface area contributed by atoms with Crippen LogP contribution < -0.4 is 0 Å². The largest absolute Gasteiger partial charge is 0.459 e. The average Bonchev–Trinajstić information content (AvgIpc) is 2.71. The van der Waals surface area contributed by atoms with Crippen LogP contribution in [0.15, 0.2) is 12.7 Å². The molecule has 2 aliphatic rings. The molecule has 0 atom stereocenters. The second-order valence-corrected chi connectivity index (χ2v) is 9.22. The van der Waals surface area contributed by atoms with Crippen molar-refractivity contribution in [3.05, 3.63) is 12.7 Å². The quantitative estimate of drug-likeness (QED) is 0.199. The zero-order valence-electron chi connectivity index (χ0n) is 17.9. The van der Waals surface area contributed by atoms with Gasteiger partial charge < -0.3 is 4.74 Å². The maximum Gasteiger partial charge on any atom is 0.330 e. The third-order valence-corrected chi connectivity index (χ3v) is 7.19. The minimum atomic E-state index is -0.250. The molecule has 0 unspecified atom stereocenters. The highest BCUT2D eigenvalue weighted by Gasteiger charge is 2.31. The van der Waals surface area contributed by atoms with Gasteiger partial charge in [0.1, 0.15) is 6.10 Å². The van der Waals surface area contributed by atoms with Gasteiger partial charge in [0.25, 0.3) is 0 Å². The molecule has 0 aromatic carbocycles. The van der Waals surface area contributed by atoms with E-state index in [-0.39, 0.29) is 12.1 Å². The minimum absolute atomic E-state index is 0.144. The van der Waals surface area contributed by atoms with Crippen LogP contribution in [0.5, 0.6) is 0 Å². The molecule has 27 heavy (non-hydrogen) atoms. The fourth-order valence-electron chi connectivity index (χ4n) is 5.41. The van der Waals surface area contributed by atoms with Gasteiger partial charge in [-0.1, -0.05) is 84.1 Å². The van der Waals surface area contributed by atoms with Gasteiger partial charge in [-0.15, -0.1) is 0 Å². The van der Waals surface area contributed by atoms with Gasteiger partial charge in [0.15, 0.2) is 0 Å². The molecule has 0 N–H and O–H groups in total. The molecule has 0 aromatic heterocycles. The molecule has 0 aliphatic heterocycles. The van der Waals surface area contributed by atoms with E-state index in [2.05, 4.69) is 13.5 Å². The first-order valence-corrected chi connectivity index (χ1v) is 12.1. The molecule has 0 saturated heterocycles. The monoisotopic (exact) mass is 376 g/mol. The summed E-state index contributed by atoms with van der Waals surface area (Å²) in [6.07, 6.45) is 24.9. The van der Waals surface area contributed by atoms with E-state index in [1.54, 1.807) is 0 Å². The maximum atomic E-state index is 11.3. The van der Waals surface area contributed by atoms with Crippen molar-refractivity contribution in [3.63, 3.8) is 0 Å². The van der Waals surface area contributed by atoms with Crippen molar-refractivity contribution >= 4 is 5.97 Å². The van der Waals surface area contributed by atoms with E-state index in [0.29, 0.717) is 0 Å². The zero-order chi connectivity index (χ0) is 19.3. The standard InChI is InChI=1S/C25H44O2/c1-3-5-6-7-8-9-10-11-12-21-13-15-22(16-14-21)23-17-19-24(20-18-23)27-25(26)4-2/h4,21-24H,2-3,5-20H2,1H3. The molecule has 0 aromatic rings. The van der Waals surface area contributed by atoms with Crippen LogP contribution in [0, 0.1) is 17.8 Å². The van der Waals surface area contributed by atoms with Gasteiger partial charge in [-0.3, -0.25) is 0 Å². The Morgan fingerprint density at radius 3 is 1.89 bits per heavy atom. The highest BCUT2D eigenvalue weighted by atomic mass is 16.5. The topological polar surface area (TPSA) is 26.3 Å². The molecule has 0 bridgehead atoms. The summed E-state index contributed by atoms with van der Waals surface area (Å²) in [6.45, 7) is 5.79. The Labute approximate surface area is 168 Å². The minimum Gasteiger partial charge on any atom is -0.459 e. The summed E-state index contributed by atoms with van der Waals surface area (Å²) in [6, 6.07) is 0. The van der Waals surface area contributed by atoms with Crippen molar-refractivity contribution in [1.82, 2.24) is 0 Å². The fourth-order valence-corrected chi connectivity index (χ4v) is 5.41. The number of unbranched alkanes of at least 4 members (excludes halogenated alkanes) is 7. The summed E-state index contributed by atoms with van der Waals surface area (Å²) in [7, 11) is 0. The first kappa shape index (κ1) is 22.5. The van der Waals surface area contributed by atoms with Crippen molar-refractivity contribution in [2.75, 3.05) is 0 Å². The Kier molecular flexibility index (Phi) is 11.2. The van der Waals surface area contributed by atoms with E-state index >= 15 is 0 Å². The van der Waals surface area contributed by atoms with Crippen LogP contribution >= 0.6 is 0 Å². The Hall–Kier alpha value is -0.790. The zero-order valence-corrected chi connectivity index (χ0v) is 17.9. The van der Waals surface area contributed by atoms with Gasteiger partial charge in [0, 0.05) is 6.08 Å². The van der Waals surface area contributed by atoms with Gasteiger partial charge in [0.2, 0.25) is 0 Å². The summed E-state index contributed by atoms with van der Waals surface area (Å²) in [5.41, 5.74) is 0. The van der Waals surface area contributed by atoms with Gasteiger partial charge >= 0.3 is 5.97 Å². The van der Waals surface area contributed by atoms with Crippen LogP contribution in [0.2, 0.25) is 0 Å². The summed E-state index contributed by atoms with van der Waals surface area (Å²) in [5, 5.41) is 0. The molecule has 2 fully saturated rings. The van der Waals surface area contributed by atoms with Crippen LogP contribution in [-0.2, 0) is 9.53 Å². The third kappa shape index (κ3) is 8.83. The molecule has 0 radical (unpaired) electrons. The predicted molar refractivity (Wildman–Crippen MR) is 115 cm³/mol. The number of hydrogen-bond donors (Lipinski definition) is 0. The number of ether oxygens (including phenoxy) is 1. The van der Waals surface area contributed by atoms with E-state index < -0.39 is 0 Å². The lowest BCUT2D eigenvalue weighted by atomic mass is 9.70. The molecule has 2 heteroatoms. The lowest BCUT2D eigenvalue weighted by molar-refractivity contribution is -0.145. The van der Waals surface area contributed by atoms with Crippen molar-refractivity contribution in [3.8, 4) is 0 Å². The number of esters is 1. The normalized spacial score (nSPS) is 28.6. The highest BCUT2D eigenvalue weighted by molar-refractivity contribution is 5.81. The van der Waals surface area contributed by atoms with Gasteiger partial charge in [-0.25, -0.2) is 4.79 Å². The van der Waals surface area contributed by atoms with Crippen LogP contribution in [-0.4, -0.2) is 12.1 Å². The van der Waals surface area contributed by atoms with Gasteiger partial charge in [0.05, 0.1) is 0 Å². The highest BCUT2D eigenvalue weighted by Crippen LogP contribution is 2.41. The summed E-state index contributed by atoms with van der Waals surface area (Å²) in [5.74, 6) is 2.58. The average molecular weight is 377 g/mol. The first-order chi connectivity index (χ1) is 13.2. The molecule has 0 heterocycles. The summed E-state index contributed by atoms with van der Waals surface area (Å²) in [4.78, 5) is 11.3. The maximum absolute atomic E-state index is 11.3. The van der Waals surface area contributed by atoms with Gasteiger partial charge in [-0.2, -0.15) is 0 Å². The second-order valence-electron chi connectivity index (χ2n) is 9.22. The fraction of sp³-hybridized carbons (Fsp3) is 0.880. The van der Waals surface area contributed by atoms with E-state index in [0.717, 1.165) is 30.6 Å². The van der Waals surface area contributed by atoms with Crippen molar-refractivity contribution in [2.24, 2.45) is 17.8 Å². The Morgan fingerprint density at radius 1 is 0.815 bits per heavy atom. The second kappa shape index (κ2) is 13.4. The number of carbonyl (C=O) groups is 1. The van der Waals surface area contributed by atoms with Crippen molar-refractivity contribution in [1.29, 1.82) is 0 Å². The summed E-state index contributed by atoms with van der Waals surface area (Å²) >= 11 is 0. The lowest BCUT2D eigenvalue weighted by Gasteiger charge is -2.37. The molecule has 0 spiro atoms. The van der Waals surface area contributed by atoms with Crippen LogP contribution in [0.1, 0.15) is 116 Å². The summed E-state index contributed by atoms with van der Waals surface area (Å²) < 4.78 is 5.43. The number of hydrogen-bond acceptors (Lipinski definition) is 2. The van der Waals surface area contributed by atoms with Crippen molar-refractivity contribution < 1.29 is 9.53 Å². The van der Waals surface area contributed by atoms with E-state index in [4.69, 9.17) is 4.74 Å². The SMILES string of the molecule is C=CC(=O)OC1CCC(C2CCC(CCCCCCCCCC)CC2)CC1. The van der Waals surface area contributed by atoms with Crippen molar-refractivity contribution in [2.45, 2.75) is 122 Å². The van der Waals surface area contributed by atoms with Gasteiger partial charge in [-0.05, 0) is 56.3 Å². The van der Waals surface area contributed by atoms with E-state index in [9.17, 15) is 4.79 Å². The Balaban J connectivity index is 1.49. The Bertz CT molecular complexity index is 401. The van der Waals surface area contributed by atoms with E-state index in [1.165, 1.54) is 102 Å². The number of rotatable bonds is 12. The van der Waals surface area contributed by atoms with Crippen LogP contribution in [0.3, 0.4) is 0 Å². The van der Waals surface area contributed by atoms with E-state index in [1.807, 2.05) is 0 Å². The van der Waals surface area contributed by atoms with Crippen LogP contribution in [0.25, 0.3) is 0 Å². The third-order valence-electron chi connectivity index (χ3n) is 7.19. The molecule has 0 amide bonds. The molecular weight excluding hydrogens is 332 g/mol. The molecule has 2 nitrogen and oxygen atoms in total. The lowest BCUT2D eigenvalue weighted by Crippen LogP contribution is -2.29. The first-order valence-electron chi connectivity index (χ1n) is 12.1. The smallest absolute Gasteiger partial charge is 0.330 e.